The van der Waals surface area contributed by atoms with E-state index in [0.717, 1.165) is 0 Å². The average Bonchev–Trinajstić information content (AvgIpc) is 2.60. The molecule has 1 aromatic carbocycles. The second kappa shape index (κ2) is 5.83. The first-order valence-corrected chi connectivity index (χ1v) is 6.90. The Bertz CT molecular complexity index is 591. The van der Waals surface area contributed by atoms with Gasteiger partial charge in [-0.1, -0.05) is 17.7 Å². The molecule has 7 heteroatoms. The number of hydrogen-bond acceptors (Lipinski definition) is 3. The molecule has 1 fully saturated rings. The van der Waals surface area contributed by atoms with E-state index in [4.69, 9.17) is 16.3 Å². The summed E-state index contributed by atoms with van der Waals surface area (Å²) in [5.74, 6) is -0.816. The summed E-state index contributed by atoms with van der Waals surface area (Å²) in [6.45, 7) is 3.56. The SMILES string of the molecule is CC1(C)OC(=O)CC1C=C(Cl)c1ccc(OC(F)(F)F)cc1. The van der Waals surface area contributed by atoms with E-state index in [2.05, 4.69) is 4.74 Å². The number of hydrogen-bond donors (Lipinski definition) is 0. The van der Waals surface area contributed by atoms with E-state index < -0.39 is 12.0 Å². The highest BCUT2D eigenvalue weighted by Gasteiger charge is 2.40. The topological polar surface area (TPSA) is 35.5 Å². The Balaban J connectivity index is 2.14. The molecule has 0 saturated carbocycles. The molecule has 1 aliphatic heterocycles. The van der Waals surface area contributed by atoms with Gasteiger partial charge in [0.2, 0.25) is 0 Å². The van der Waals surface area contributed by atoms with Gasteiger partial charge >= 0.3 is 12.3 Å². The van der Waals surface area contributed by atoms with Crippen LogP contribution in [0.15, 0.2) is 30.3 Å². The van der Waals surface area contributed by atoms with Crippen molar-refractivity contribution in [2.24, 2.45) is 5.92 Å². The van der Waals surface area contributed by atoms with Crippen molar-refractivity contribution in [3.05, 3.63) is 35.9 Å². The molecule has 1 aliphatic rings. The van der Waals surface area contributed by atoms with Crippen LogP contribution in [0.2, 0.25) is 0 Å². The molecule has 0 amide bonds. The maximum Gasteiger partial charge on any atom is 0.573 e. The van der Waals surface area contributed by atoms with Crippen molar-refractivity contribution in [1.82, 2.24) is 0 Å². The van der Waals surface area contributed by atoms with Crippen molar-refractivity contribution < 1.29 is 27.4 Å². The smallest absolute Gasteiger partial charge is 0.459 e. The normalized spacial score (nSPS) is 21.6. The fourth-order valence-corrected chi connectivity index (χ4v) is 2.46. The number of carbonyl (C=O) groups excluding carboxylic acids is 1. The van der Waals surface area contributed by atoms with E-state index in [-0.39, 0.29) is 24.1 Å². The van der Waals surface area contributed by atoms with Crippen molar-refractivity contribution in [3.63, 3.8) is 0 Å². The van der Waals surface area contributed by atoms with Crippen LogP contribution in [0.4, 0.5) is 13.2 Å². The minimum atomic E-state index is -4.73. The molecular formula is C15H14ClF3O3. The standard InChI is InChI=1S/C15H14ClF3O3/c1-14(2)10(8-13(20)22-14)7-12(16)9-3-5-11(6-4-9)21-15(17,18)19/h3-7,10H,8H2,1-2H3. The number of ether oxygens (including phenoxy) is 2. The Labute approximate surface area is 130 Å². The molecule has 120 valence electrons. The lowest BCUT2D eigenvalue weighted by Gasteiger charge is -2.22. The largest absolute Gasteiger partial charge is 0.573 e. The third kappa shape index (κ3) is 4.16. The monoisotopic (exact) mass is 334 g/mol. The second-order valence-electron chi connectivity index (χ2n) is 5.47. The van der Waals surface area contributed by atoms with Crippen LogP contribution in [0.5, 0.6) is 5.75 Å². The van der Waals surface area contributed by atoms with Gasteiger partial charge in [-0.15, -0.1) is 13.2 Å². The van der Waals surface area contributed by atoms with Gasteiger partial charge in [0.1, 0.15) is 11.4 Å². The quantitative estimate of drug-likeness (QED) is 0.763. The van der Waals surface area contributed by atoms with Gasteiger partial charge in [0.25, 0.3) is 0 Å². The molecule has 22 heavy (non-hydrogen) atoms. The third-order valence-corrected chi connectivity index (χ3v) is 3.71. The zero-order valence-corrected chi connectivity index (χ0v) is 12.7. The number of rotatable bonds is 3. The minimum Gasteiger partial charge on any atom is -0.459 e. The molecule has 2 rings (SSSR count). The summed E-state index contributed by atoms with van der Waals surface area (Å²) in [6.07, 6.45) is -2.82. The van der Waals surface area contributed by atoms with E-state index >= 15 is 0 Å². The van der Waals surface area contributed by atoms with Crippen molar-refractivity contribution in [2.45, 2.75) is 32.2 Å². The predicted octanol–water partition coefficient (Wildman–Crippen LogP) is 4.51. The molecule has 1 atom stereocenters. The van der Waals surface area contributed by atoms with Gasteiger partial charge in [0.05, 0.1) is 6.42 Å². The highest BCUT2D eigenvalue weighted by molar-refractivity contribution is 6.48. The van der Waals surface area contributed by atoms with Crippen molar-refractivity contribution >= 4 is 22.6 Å². The zero-order chi connectivity index (χ0) is 16.5. The number of benzene rings is 1. The molecule has 0 bridgehead atoms. The van der Waals surface area contributed by atoms with Gasteiger partial charge in [-0.05, 0) is 43.7 Å². The molecule has 3 nitrogen and oxygen atoms in total. The molecule has 0 radical (unpaired) electrons. The van der Waals surface area contributed by atoms with E-state index in [9.17, 15) is 18.0 Å². The predicted molar refractivity (Wildman–Crippen MR) is 75.2 cm³/mol. The lowest BCUT2D eigenvalue weighted by Crippen LogP contribution is -2.26. The van der Waals surface area contributed by atoms with E-state index in [0.29, 0.717) is 10.6 Å². The van der Waals surface area contributed by atoms with Crippen molar-refractivity contribution in [1.29, 1.82) is 0 Å². The zero-order valence-electron chi connectivity index (χ0n) is 11.9. The summed E-state index contributed by atoms with van der Waals surface area (Å²) < 4.78 is 45.2. The van der Waals surface area contributed by atoms with Gasteiger partial charge in [0, 0.05) is 11.0 Å². The van der Waals surface area contributed by atoms with Crippen LogP contribution in [0.3, 0.4) is 0 Å². The molecule has 0 aromatic heterocycles. The summed E-state index contributed by atoms with van der Waals surface area (Å²) in [5.41, 5.74) is -0.123. The summed E-state index contributed by atoms with van der Waals surface area (Å²) in [4.78, 5) is 11.3. The molecule has 0 N–H and O–H groups in total. The Morgan fingerprint density at radius 1 is 1.36 bits per heavy atom. The summed E-state index contributed by atoms with van der Waals surface area (Å²) >= 11 is 6.18. The fraction of sp³-hybridized carbons (Fsp3) is 0.400. The van der Waals surface area contributed by atoms with Crippen LogP contribution in [0, 0.1) is 5.92 Å². The Kier molecular flexibility index (Phi) is 4.42. The fourth-order valence-electron chi connectivity index (χ4n) is 2.18. The van der Waals surface area contributed by atoms with Gasteiger partial charge in [-0.3, -0.25) is 4.79 Å². The highest BCUT2D eigenvalue weighted by Crippen LogP contribution is 2.36. The third-order valence-electron chi connectivity index (χ3n) is 3.37. The average molecular weight is 335 g/mol. The van der Waals surface area contributed by atoms with E-state index in [1.54, 1.807) is 19.9 Å². The Morgan fingerprint density at radius 2 is 1.95 bits per heavy atom. The lowest BCUT2D eigenvalue weighted by molar-refractivity contribution is -0.274. The number of halogens is 4. The van der Waals surface area contributed by atoms with Crippen molar-refractivity contribution in [2.75, 3.05) is 0 Å². The molecule has 0 aliphatic carbocycles. The number of esters is 1. The number of cyclic esters (lactones) is 1. The van der Waals surface area contributed by atoms with Gasteiger partial charge in [0.15, 0.2) is 0 Å². The van der Waals surface area contributed by atoms with Gasteiger partial charge < -0.3 is 9.47 Å². The van der Waals surface area contributed by atoms with Crippen LogP contribution in [-0.2, 0) is 9.53 Å². The molecule has 1 unspecified atom stereocenters. The van der Waals surface area contributed by atoms with Crippen LogP contribution in [0.25, 0.3) is 5.03 Å². The van der Waals surface area contributed by atoms with Crippen LogP contribution >= 0.6 is 11.6 Å². The number of carbonyl (C=O) groups is 1. The van der Waals surface area contributed by atoms with Crippen molar-refractivity contribution in [3.8, 4) is 5.75 Å². The number of alkyl halides is 3. The van der Waals surface area contributed by atoms with Crippen LogP contribution in [0.1, 0.15) is 25.8 Å². The van der Waals surface area contributed by atoms with E-state index in [1.165, 1.54) is 24.3 Å². The Morgan fingerprint density at radius 3 is 2.41 bits per heavy atom. The summed E-state index contributed by atoms with van der Waals surface area (Å²) in [6, 6.07) is 5.20. The maximum absolute atomic E-state index is 12.1. The second-order valence-corrected chi connectivity index (χ2v) is 5.88. The van der Waals surface area contributed by atoms with Gasteiger partial charge in [-0.25, -0.2) is 0 Å². The molecule has 1 heterocycles. The first-order chi connectivity index (χ1) is 10.1. The molecule has 1 aromatic rings. The molecule has 1 saturated heterocycles. The van der Waals surface area contributed by atoms with Gasteiger partial charge in [-0.2, -0.15) is 0 Å². The van der Waals surface area contributed by atoms with Crippen LogP contribution < -0.4 is 4.74 Å². The Hall–Kier alpha value is -1.69. The lowest BCUT2D eigenvalue weighted by atomic mass is 9.90. The first-order valence-electron chi connectivity index (χ1n) is 6.52. The van der Waals surface area contributed by atoms with Crippen LogP contribution in [-0.4, -0.2) is 17.9 Å². The molecule has 0 spiro atoms. The van der Waals surface area contributed by atoms with E-state index in [1.807, 2.05) is 0 Å². The highest BCUT2D eigenvalue weighted by atomic mass is 35.5. The summed E-state index contributed by atoms with van der Waals surface area (Å²) in [7, 11) is 0. The summed E-state index contributed by atoms with van der Waals surface area (Å²) in [5, 5.41) is 0.343. The minimum absolute atomic E-state index is 0.196. The molecular weight excluding hydrogens is 321 g/mol. The maximum atomic E-state index is 12.1. The first kappa shape index (κ1) is 16.7.